The van der Waals surface area contributed by atoms with Crippen molar-refractivity contribution in [2.45, 2.75) is 39.0 Å². The van der Waals surface area contributed by atoms with Crippen LogP contribution in [0.15, 0.2) is 60.7 Å². The molecule has 2 aromatic carbocycles. The number of nitrogens with zero attached hydrogens (tertiary/aromatic N) is 5. The first-order chi connectivity index (χ1) is 17.7. The van der Waals surface area contributed by atoms with Crippen LogP contribution in [-0.4, -0.2) is 51.8 Å². The summed E-state index contributed by atoms with van der Waals surface area (Å²) in [5.74, 6) is 1.07. The molecule has 2 aliphatic rings. The maximum absolute atomic E-state index is 13.5. The molecule has 2 aliphatic heterocycles. The maximum atomic E-state index is 13.5. The van der Waals surface area contributed by atoms with E-state index in [-0.39, 0.29) is 5.92 Å². The standard InChI is InChI=1S/C29H33N5OS/c1-21-26-27(34(31-21)25-12-6-3-7-13-25)30-29(36-26)33-16-8-11-24(20-33)28(35)32-17-14-23(15-18-32)19-22-9-4-2-5-10-22/h2-7,9-10,12-13,23-24H,8,11,14-20H2,1H3. The van der Waals surface area contributed by atoms with E-state index in [1.54, 1.807) is 11.3 Å². The van der Waals surface area contributed by atoms with Crippen molar-refractivity contribution >= 4 is 32.7 Å². The highest BCUT2D eigenvalue weighted by atomic mass is 32.1. The van der Waals surface area contributed by atoms with E-state index in [0.717, 1.165) is 85.1 Å². The van der Waals surface area contributed by atoms with Gasteiger partial charge in [-0.1, -0.05) is 59.9 Å². The molecular weight excluding hydrogens is 466 g/mol. The first-order valence-corrected chi connectivity index (χ1v) is 14.0. The third-order valence-corrected chi connectivity index (χ3v) is 8.93. The number of hydrogen-bond donors (Lipinski definition) is 0. The molecule has 0 saturated carbocycles. The van der Waals surface area contributed by atoms with Gasteiger partial charge in [-0.2, -0.15) is 10.1 Å². The molecule has 2 aromatic heterocycles. The first-order valence-electron chi connectivity index (χ1n) is 13.1. The Labute approximate surface area is 216 Å². The molecule has 0 bridgehead atoms. The molecule has 4 heterocycles. The van der Waals surface area contributed by atoms with Crippen LogP contribution in [0.2, 0.25) is 0 Å². The number of carbonyl (C=O) groups excluding carboxylic acids is 1. The normalized spacial score (nSPS) is 19.2. The zero-order valence-corrected chi connectivity index (χ0v) is 21.7. The van der Waals surface area contributed by atoms with Crippen LogP contribution in [0.3, 0.4) is 0 Å². The van der Waals surface area contributed by atoms with Gasteiger partial charge in [0.05, 0.1) is 22.0 Å². The number of piperidine rings is 2. The number of hydrogen-bond acceptors (Lipinski definition) is 5. The molecular formula is C29H33N5OS. The average Bonchev–Trinajstić information content (AvgIpc) is 3.50. The number of aryl methyl sites for hydroxylation is 1. The fraction of sp³-hybridized carbons (Fsp3) is 0.414. The van der Waals surface area contributed by atoms with Crippen molar-refractivity contribution in [3.05, 3.63) is 71.9 Å². The molecule has 186 valence electrons. The smallest absolute Gasteiger partial charge is 0.227 e. The van der Waals surface area contributed by atoms with Gasteiger partial charge in [0.1, 0.15) is 0 Å². The molecule has 2 saturated heterocycles. The third kappa shape index (κ3) is 4.64. The van der Waals surface area contributed by atoms with Crippen molar-refractivity contribution in [3.63, 3.8) is 0 Å². The largest absolute Gasteiger partial charge is 0.347 e. The number of aromatic nitrogens is 3. The summed E-state index contributed by atoms with van der Waals surface area (Å²) in [4.78, 5) is 22.9. The van der Waals surface area contributed by atoms with E-state index in [9.17, 15) is 4.79 Å². The molecule has 4 aromatic rings. The molecule has 0 N–H and O–H groups in total. The van der Waals surface area contributed by atoms with E-state index in [4.69, 9.17) is 10.1 Å². The Morgan fingerprint density at radius 1 is 0.972 bits per heavy atom. The topological polar surface area (TPSA) is 54.3 Å². The molecule has 1 unspecified atom stereocenters. The molecule has 6 rings (SSSR count). The summed E-state index contributed by atoms with van der Waals surface area (Å²) in [5.41, 5.74) is 4.34. The van der Waals surface area contributed by atoms with Crippen molar-refractivity contribution in [2.75, 3.05) is 31.1 Å². The highest BCUT2D eigenvalue weighted by molar-refractivity contribution is 7.22. The van der Waals surface area contributed by atoms with Gasteiger partial charge >= 0.3 is 0 Å². The predicted octanol–water partition coefficient (Wildman–Crippen LogP) is 5.49. The van der Waals surface area contributed by atoms with Gasteiger partial charge in [0.25, 0.3) is 0 Å². The summed E-state index contributed by atoms with van der Waals surface area (Å²) in [6.45, 7) is 5.54. The van der Waals surface area contributed by atoms with Crippen molar-refractivity contribution < 1.29 is 4.79 Å². The predicted molar refractivity (Wildman–Crippen MR) is 146 cm³/mol. The van der Waals surface area contributed by atoms with Crippen LogP contribution in [0.5, 0.6) is 0 Å². The minimum atomic E-state index is 0.0585. The number of fused-ring (bicyclic) bond motifs is 1. The minimum absolute atomic E-state index is 0.0585. The van der Waals surface area contributed by atoms with Crippen LogP contribution in [0.25, 0.3) is 16.0 Å². The van der Waals surface area contributed by atoms with E-state index in [0.29, 0.717) is 11.8 Å². The Morgan fingerprint density at radius 2 is 1.69 bits per heavy atom. The van der Waals surface area contributed by atoms with Gasteiger partial charge < -0.3 is 9.80 Å². The zero-order chi connectivity index (χ0) is 24.5. The van der Waals surface area contributed by atoms with Gasteiger partial charge in [0.15, 0.2) is 10.8 Å². The molecule has 7 heteroatoms. The summed E-state index contributed by atoms with van der Waals surface area (Å²) >= 11 is 1.70. The van der Waals surface area contributed by atoms with Gasteiger partial charge in [-0.05, 0) is 62.6 Å². The van der Waals surface area contributed by atoms with Crippen LogP contribution >= 0.6 is 11.3 Å². The molecule has 6 nitrogen and oxygen atoms in total. The molecule has 0 radical (unpaired) electrons. The summed E-state index contributed by atoms with van der Waals surface area (Å²) in [7, 11) is 0. The fourth-order valence-electron chi connectivity index (χ4n) is 5.72. The lowest BCUT2D eigenvalue weighted by molar-refractivity contribution is -0.137. The second kappa shape index (κ2) is 10.1. The van der Waals surface area contributed by atoms with E-state index in [1.807, 2.05) is 29.8 Å². The highest BCUT2D eigenvalue weighted by Crippen LogP contribution is 2.35. The first kappa shape index (κ1) is 23.2. The molecule has 36 heavy (non-hydrogen) atoms. The summed E-state index contributed by atoms with van der Waals surface area (Å²) < 4.78 is 3.07. The van der Waals surface area contributed by atoms with E-state index in [2.05, 4.69) is 52.3 Å². The number of carbonyl (C=O) groups is 1. The Bertz CT molecular complexity index is 1320. The summed E-state index contributed by atoms with van der Waals surface area (Å²) in [5, 5.41) is 5.74. The van der Waals surface area contributed by atoms with E-state index < -0.39 is 0 Å². The number of para-hydroxylation sites is 1. The molecule has 0 aliphatic carbocycles. The van der Waals surface area contributed by atoms with Crippen molar-refractivity contribution in [1.82, 2.24) is 19.7 Å². The lowest BCUT2D eigenvalue weighted by atomic mass is 9.89. The lowest BCUT2D eigenvalue weighted by Crippen LogP contribution is -2.47. The average molecular weight is 500 g/mol. The van der Waals surface area contributed by atoms with E-state index in [1.165, 1.54) is 5.56 Å². The SMILES string of the molecule is Cc1nn(-c2ccccc2)c2nc(N3CCCC(C(=O)N4CCC(Cc5ccccc5)CC4)C3)sc12. The summed E-state index contributed by atoms with van der Waals surface area (Å²) in [6.07, 6.45) is 5.33. The zero-order valence-electron chi connectivity index (χ0n) is 20.8. The van der Waals surface area contributed by atoms with Crippen molar-refractivity contribution in [1.29, 1.82) is 0 Å². The minimum Gasteiger partial charge on any atom is -0.347 e. The van der Waals surface area contributed by atoms with Gasteiger partial charge in [-0.3, -0.25) is 4.79 Å². The van der Waals surface area contributed by atoms with Crippen LogP contribution < -0.4 is 4.90 Å². The number of amides is 1. The fourth-order valence-corrected chi connectivity index (χ4v) is 6.74. The lowest BCUT2D eigenvalue weighted by Gasteiger charge is -2.38. The second-order valence-electron chi connectivity index (χ2n) is 10.2. The second-order valence-corrected chi connectivity index (χ2v) is 11.2. The van der Waals surface area contributed by atoms with Crippen molar-refractivity contribution in [3.8, 4) is 5.69 Å². The van der Waals surface area contributed by atoms with Gasteiger partial charge in [-0.15, -0.1) is 0 Å². The van der Waals surface area contributed by atoms with Crippen LogP contribution in [0, 0.1) is 18.8 Å². The maximum Gasteiger partial charge on any atom is 0.227 e. The molecule has 1 amide bonds. The highest BCUT2D eigenvalue weighted by Gasteiger charge is 2.33. The van der Waals surface area contributed by atoms with Crippen LogP contribution in [0.1, 0.15) is 36.9 Å². The van der Waals surface area contributed by atoms with Crippen molar-refractivity contribution in [2.24, 2.45) is 11.8 Å². The van der Waals surface area contributed by atoms with Gasteiger partial charge in [0.2, 0.25) is 5.91 Å². The Hall–Kier alpha value is -3.19. The Kier molecular flexibility index (Phi) is 6.48. The quantitative estimate of drug-likeness (QED) is 0.364. The number of benzene rings is 2. The molecule has 1 atom stereocenters. The number of anilines is 1. The Morgan fingerprint density at radius 3 is 2.44 bits per heavy atom. The third-order valence-electron chi connectivity index (χ3n) is 7.71. The number of likely N-dealkylation sites (tertiary alicyclic amines) is 1. The van der Waals surface area contributed by atoms with Crippen LogP contribution in [0.4, 0.5) is 5.13 Å². The van der Waals surface area contributed by atoms with Gasteiger partial charge in [-0.25, -0.2) is 4.68 Å². The van der Waals surface area contributed by atoms with Crippen LogP contribution in [-0.2, 0) is 11.2 Å². The summed E-state index contributed by atoms with van der Waals surface area (Å²) in [6, 6.07) is 20.9. The van der Waals surface area contributed by atoms with E-state index >= 15 is 0 Å². The van der Waals surface area contributed by atoms with Gasteiger partial charge in [0, 0.05) is 26.2 Å². The molecule has 2 fully saturated rings. The monoisotopic (exact) mass is 499 g/mol. The molecule has 0 spiro atoms. The number of thiazole rings is 1. The Balaban J connectivity index is 1.11. The number of rotatable bonds is 5.